The van der Waals surface area contributed by atoms with Gasteiger partial charge in [0.2, 0.25) is 23.6 Å². The van der Waals surface area contributed by atoms with Crippen LogP contribution in [0, 0.1) is 39.4 Å². The van der Waals surface area contributed by atoms with Crippen LogP contribution in [0.2, 0.25) is 0 Å². The van der Waals surface area contributed by atoms with Gasteiger partial charge in [0.1, 0.15) is 5.75 Å². The van der Waals surface area contributed by atoms with Crippen molar-refractivity contribution in [3.8, 4) is 5.75 Å². The fourth-order valence-electron chi connectivity index (χ4n) is 5.58. The van der Waals surface area contributed by atoms with Gasteiger partial charge < -0.3 is 14.2 Å². The van der Waals surface area contributed by atoms with E-state index in [-0.39, 0.29) is 29.0 Å². The molecule has 7 nitrogen and oxygen atoms in total. The fourth-order valence-corrected chi connectivity index (χ4v) is 5.58. The van der Waals surface area contributed by atoms with E-state index in [0.29, 0.717) is 40.5 Å². The quantitative estimate of drug-likeness (QED) is 0.0698. The molecule has 0 bridgehead atoms. The molecule has 3 aromatic carbocycles. The van der Waals surface area contributed by atoms with E-state index in [1.54, 1.807) is 36.4 Å². The van der Waals surface area contributed by atoms with Crippen molar-refractivity contribution in [1.82, 2.24) is 0 Å². The first kappa shape index (κ1) is 34.4. The number of hydrogen-bond donors (Lipinski definition) is 4. The van der Waals surface area contributed by atoms with Gasteiger partial charge in [0.05, 0.1) is 6.61 Å². The van der Waals surface area contributed by atoms with Crippen molar-refractivity contribution in [3.63, 3.8) is 0 Å². The first-order valence-corrected chi connectivity index (χ1v) is 16.2. The second-order valence-electron chi connectivity index (χ2n) is 13.4. The Kier molecular flexibility index (Phi) is 11.7. The molecule has 7 heteroatoms. The molecule has 0 radical (unpaired) electrons. The Balaban J connectivity index is 1.24. The average Bonchev–Trinajstić information content (AvgIpc) is 3.48. The maximum absolute atomic E-state index is 8.47. The zero-order chi connectivity index (χ0) is 33.3. The molecule has 0 aliphatic heterocycles. The highest BCUT2D eigenvalue weighted by Crippen LogP contribution is 2.32. The smallest absolute Gasteiger partial charge is 0.221 e. The molecule has 4 rings (SSSR count). The summed E-state index contributed by atoms with van der Waals surface area (Å²) >= 11 is 0. The Morgan fingerprint density at radius 2 is 1.28 bits per heavy atom. The molecule has 1 aliphatic rings. The molecular formula is C39H48N4O3. The molecule has 4 N–H and O–H groups in total. The van der Waals surface area contributed by atoms with Gasteiger partial charge >= 0.3 is 0 Å². The summed E-state index contributed by atoms with van der Waals surface area (Å²) < 4.78 is 17.1. The van der Waals surface area contributed by atoms with Gasteiger partial charge in [0, 0.05) is 22.3 Å². The minimum atomic E-state index is -0.226. The van der Waals surface area contributed by atoms with E-state index in [4.69, 9.17) is 35.8 Å². The van der Waals surface area contributed by atoms with E-state index < -0.39 is 0 Å². The molecule has 0 amide bonds. The molecule has 1 aliphatic carbocycles. The third-order valence-corrected chi connectivity index (χ3v) is 8.54. The number of nitrogens with one attached hydrogen (secondary N) is 4. The van der Waals surface area contributed by atoms with E-state index in [1.165, 1.54) is 19.3 Å². The molecule has 242 valence electrons. The number of ether oxygens (including phenoxy) is 3. The third kappa shape index (κ3) is 9.74. The molecule has 0 saturated carbocycles. The molecule has 3 unspecified atom stereocenters. The first-order valence-electron chi connectivity index (χ1n) is 16.2. The standard InChI is InChI=1S/C39H48N4O3/c1-26-16-17-29(23-26)27(2)11-7-6-8-22-44-34-15-10-14-32(25-34)38(43)46-37(42)31-13-9-12-30(24-31)36(41)45-35(40)28-18-20-33(21-19-28)39(3,4)5/h9-10,12-21,24-27,29,40-43H,6-8,11,22-23H2,1-5H3. The number of rotatable bonds is 12. The van der Waals surface area contributed by atoms with Gasteiger partial charge in [0.25, 0.3) is 0 Å². The summed E-state index contributed by atoms with van der Waals surface area (Å²) in [5.74, 6) is 2.09. The van der Waals surface area contributed by atoms with Crippen LogP contribution in [0.5, 0.6) is 5.75 Å². The molecular weight excluding hydrogens is 572 g/mol. The lowest BCUT2D eigenvalue weighted by molar-refractivity contribution is 0.297. The molecule has 0 saturated heterocycles. The summed E-state index contributed by atoms with van der Waals surface area (Å²) in [5.41, 5.74) is 3.00. The van der Waals surface area contributed by atoms with E-state index in [1.807, 2.05) is 36.4 Å². The highest BCUT2D eigenvalue weighted by Gasteiger charge is 2.21. The minimum absolute atomic E-state index is 0.00170. The Labute approximate surface area is 274 Å². The van der Waals surface area contributed by atoms with Gasteiger partial charge in [0.15, 0.2) is 0 Å². The van der Waals surface area contributed by atoms with E-state index >= 15 is 0 Å². The van der Waals surface area contributed by atoms with E-state index in [9.17, 15) is 0 Å². The Bertz CT molecular complexity index is 1570. The Morgan fingerprint density at radius 1 is 0.717 bits per heavy atom. The fraction of sp³-hybridized carbons (Fsp3) is 0.385. The number of hydrogen-bond acceptors (Lipinski definition) is 7. The number of unbranched alkanes of at least 4 members (excludes halogenated alkanes) is 2. The van der Waals surface area contributed by atoms with Gasteiger partial charge in [-0.2, -0.15) is 0 Å². The lowest BCUT2D eigenvalue weighted by atomic mass is 9.87. The predicted octanol–water partition coefficient (Wildman–Crippen LogP) is 9.51. The third-order valence-electron chi connectivity index (χ3n) is 8.54. The van der Waals surface area contributed by atoms with Crippen LogP contribution in [0.3, 0.4) is 0 Å². The van der Waals surface area contributed by atoms with E-state index in [2.05, 4.69) is 46.8 Å². The van der Waals surface area contributed by atoms with Gasteiger partial charge in [-0.1, -0.05) is 90.3 Å². The summed E-state index contributed by atoms with van der Waals surface area (Å²) in [6, 6.07) is 21.4. The van der Waals surface area contributed by atoms with Crippen LogP contribution in [-0.4, -0.2) is 30.2 Å². The van der Waals surface area contributed by atoms with Crippen molar-refractivity contribution in [1.29, 1.82) is 21.6 Å². The number of allylic oxidation sites excluding steroid dienone is 2. The van der Waals surface area contributed by atoms with Crippen molar-refractivity contribution >= 4 is 23.6 Å². The van der Waals surface area contributed by atoms with Crippen LogP contribution in [0.25, 0.3) is 0 Å². The lowest BCUT2D eigenvalue weighted by Crippen LogP contribution is -2.16. The molecule has 3 aromatic rings. The van der Waals surface area contributed by atoms with Crippen LogP contribution in [0.15, 0.2) is 84.9 Å². The molecule has 0 aromatic heterocycles. The molecule has 3 atom stereocenters. The predicted molar refractivity (Wildman–Crippen MR) is 187 cm³/mol. The summed E-state index contributed by atoms with van der Waals surface area (Å²) in [7, 11) is 0. The van der Waals surface area contributed by atoms with Gasteiger partial charge in [-0.25, -0.2) is 0 Å². The normalized spacial score (nSPS) is 16.5. The highest BCUT2D eigenvalue weighted by molar-refractivity contribution is 6.08. The second-order valence-corrected chi connectivity index (χ2v) is 13.4. The van der Waals surface area contributed by atoms with Crippen molar-refractivity contribution in [3.05, 3.63) is 113 Å². The Morgan fingerprint density at radius 3 is 1.85 bits per heavy atom. The second kappa shape index (κ2) is 15.7. The van der Waals surface area contributed by atoms with E-state index in [0.717, 1.165) is 30.2 Å². The highest BCUT2D eigenvalue weighted by atomic mass is 16.5. The summed E-state index contributed by atoms with van der Waals surface area (Å²) in [5, 5.41) is 33.7. The SMILES string of the molecule is CC1C=CC(C(C)CCCCCOc2cccc(C(=N)OC(=N)c3cccc(C(=N)OC(=N)c4ccc(C(C)(C)C)cc4)c3)c2)C1. The van der Waals surface area contributed by atoms with Crippen LogP contribution < -0.4 is 4.74 Å². The monoisotopic (exact) mass is 620 g/mol. The van der Waals surface area contributed by atoms with Gasteiger partial charge in [-0.15, -0.1) is 0 Å². The van der Waals surface area contributed by atoms with Crippen molar-refractivity contribution in [2.75, 3.05) is 6.61 Å². The lowest BCUT2D eigenvalue weighted by Gasteiger charge is -2.19. The maximum atomic E-state index is 8.47. The van der Waals surface area contributed by atoms with Crippen LogP contribution in [-0.2, 0) is 14.9 Å². The zero-order valence-corrected chi connectivity index (χ0v) is 27.8. The average molecular weight is 621 g/mol. The molecule has 0 spiro atoms. The summed E-state index contributed by atoms with van der Waals surface area (Å²) in [4.78, 5) is 0. The van der Waals surface area contributed by atoms with Crippen molar-refractivity contribution in [2.24, 2.45) is 17.8 Å². The Hall–Kier alpha value is -4.52. The van der Waals surface area contributed by atoms with Crippen molar-refractivity contribution in [2.45, 2.75) is 72.1 Å². The van der Waals surface area contributed by atoms with Crippen LogP contribution in [0.1, 0.15) is 94.5 Å². The maximum Gasteiger partial charge on any atom is 0.221 e. The van der Waals surface area contributed by atoms with Crippen LogP contribution >= 0.6 is 0 Å². The van der Waals surface area contributed by atoms with Crippen molar-refractivity contribution < 1.29 is 14.2 Å². The van der Waals surface area contributed by atoms with Gasteiger partial charge in [-0.05, 0) is 90.1 Å². The first-order chi connectivity index (χ1) is 21.9. The zero-order valence-electron chi connectivity index (χ0n) is 27.8. The van der Waals surface area contributed by atoms with Gasteiger partial charge in [-0.3, -0.25) is 21.6 Å². The molecule has 0 heterocycles. The largest absolute Gasteiger partial charge is 0.494 e. The molecule has 0 fully saturated rings. The minimum Gasteiger partial charge on any atom is -0.494 e. The topological polar surface area (TPSA) is 123 Å². The summed E-state index contributed by atoms with van der Waals surface area (Å²) in [6.07, 6.45) is 10.6. The van der Waals surface area contributed by atoms with Crippen LogP contribution in [0.4, 0.5) is 0 Å². The number of benzene rings is 3. The summed E-state index contributed by atoms with van der Waals surface area (Å²) in [6.45, 7) is 11.6. The molecule has 46 heavy (non-hydrogen) atoms.